The van der Waals surface area contributed by atoms with Crippen LogP contribution < -0.4 is 11.1 Å². The van der Waals surface area contributed by atoms with Gasteiger partial charge in [-0.3, -0.25) is 5.41 Å². The summed E-state index contributed by atoms with van der Waals surface area (Å²) in [5, 5.41) is 9.77. The van der Waals surface area contributed by atoms with E-state index in [2.05, 4.69) is 10.1 Å². The molecule has 0 radical (unpaired) electrons. The highest BCUT2D eigenvalue weighted by atomic mass is 32.1. The monoisotopic (exact) mass is 209 g/mol. The quantitative estimate of drug-likeness (QED) is 0.385. The van der Waals surface area contributed by atoms with Gasteiger partial charge in [-0.15, -0.1) is 0 Å². The Hall–Kier alpha value is -1.62. The van der Waals surface area contributed by atoms with E-state index in [1.807, 2.05) is 30.3 Å². The fourth-order valence-corrected chi connectivity index (χ4v) is 1.07. The third-order valence-corrected chi connectivity index (χ3v) is 1.71. The zero-order valence-corrected chi connectivity index (χ0v) is 8.30. The first-order chi connectivity index (χ1) is 6.68. The largest absolute Gasteiger partial charge is 0.399 e. The predicted molar refractivity (Wildman–Crippen MR) is 58.9 cm³/mol. The summed E-state index contributed by atoms with van der Waals surface area (Å²) in [5.74, 6) is 0. The lowest BCUT2D eigenvalue weighted by Crippen LogP contribution is -2.28. The summed E-state index contributed by atoms with van der Waals surface area (Å²) in [6.07, 6.45) is 0. The topological polar surface area (TPSA) is 71.1 Å². The van der Waals surface area contributed by atoms with Gasteiger partial charge in [0.2, 0.25) is 0 Å². The van der Waals surface area contributed by atoms with Crippen LogP contribution >= 0.6 is 12.2 Å². The van der Waals surface area contributed by atoms with Crippen LogP contribution in [0.2, 0.25) is 0 Å². The van der Waals surface area contributed by atoms with Crippen LogP contribution in [0, 0.1) is 5.41 Å². The van der Waals surface area contributed by atoms with E-state index < -0.39 is 6.02 Å². The molecule has 1 aromatic carbocycles. The summed E-state index contributed by atoms with van der Waals surface area (Å²) in [6, 6.07) is 9.33. The van der Waals surface area contributed by atoms with Gasteiger partial charge >= 0.3 is 0 Å². The van der Waals surface area contributed by atoms with Crippen molar-refractivity contribution in [2.45, 2.75) is 6.54 Å². The Bertz CT molecular complexity index is 326. The molecule has 0 saturated carbocycles. The van der Waals surface area contributed by atoms with E-state index in [9.17, 15) is 0 Å². The van der Waals surface area contributed by atoms with Gasteiger partial charge < -0.3 is 15.8 Å². The van der Waals surface area contributed by atoms with E-state index in [1.54, 1.807) is 0 Å². The van der Waals surface area contributed by atoms with Gasteiger partial charge in [-0.25, -0.2) is 0 Å². The van der Waals surface area contributed by atoms with Crippen LogP contribution in [0.15, 0.2) is 30.3 Å². The Morgan fingerprint density at radius 2 is 2.07 bits per heavy atom. The van der Waals surface area contributed by atoms with Gasteiger partial charge in [0.1, 0.15) is 0 Å². The average Bonchev–Trinajstić information content (AvgIpc) is 2.15. The van der Waals surface area contributed by atoms with Crippen molar-refractivity contribution in [3.8, 4) is 0 Å². The number of thiocarbonyl (C=S) groups is 1. The van der Waals surface area contributed by atoms with E-state index in [-0.39, 0.29) is 5.17 Å². The lowest BCUT2D eigenvalue weighted by Gasteiger charge is -2.07. The zero-order valence-electron chi connectivity index (χ0n) is 7.49. The number of ether oxygens (including phenoxy) is 1. The number of hydrogen-bond acceptors (Lipinski definition) is 3. The van der Waals surface area contributed by atoms with Crippen molar-refractivity contribution >= 4 is 23.4 Å². The van der Waals surface area contributed by atoms with Crippen molar-refractivity contribution in [3.05, 3.63) is 35.9 Å². The van der Waals surface area contributed by atoms with E-state index in [0.717, 1.165) is 5.56 Å². The van der Waals surface area contributed by atoms with Crippen LogP contribution in [0.5, 0.6) is 0 Å². The van der Waals surface area contributed by atoms with Gasteiger partial charge in [0.25, 0.3) is 11.2 Å². The summed E-state index contributed by atoms with van der Waals surface area (Å²) in [6.45, 7) is 0.562. The minimum absolute atomic E-state index is 0.112. The van der Waals surface area contributed by atoms with Gasteiger partial charge in [0.05, 0.1) is 0 Å². The minimum Gasteiger partial charge on any atom is -0.399 e. The maximum absolute atomic E-state index is 6.84. The molecular formula is C9H11N3OS. The van der Waals surface area contributed by atoms with E-state index in [0.29, 0.717) is 6.54 Å². The first-order valence-corrected chi connectivity index (χ1v) is 4.43. The Morgan fingerprint density at radius 1 is 1.43 bits per heavy atom. The van der Waals surface area contributed by atoms with E-state index in [4.69, 9.17) is 23.4 Å². The number of benzene rings is 1. The maximum Gasteiger partial charge on any atom is 0.286 e. The molecule has 5 heteroatoms. The Labute approximate surface area is 87.6 Å². The van der Waals surface area contributed by atoms with Crippen LogP contribution in [-0.4, -0.2) is 11.2 Å². The second kappa shape index (κ2) is 5.18. The Morgan fingerprint density at radius 3 is 2.64 bits per heavy atom. The molecule has 0 aliphatic heterocycles. The summed E-state index contributed by atoms with van der Waals surface area (Å²) >= 11 is 4.78. The van der Waals surface area contributed by atoms with Crippen LogP contribution in [0.25, 0.3) is 0 Å². The molecular weight excluding hydrogens is 198 g/mol. The lowest BCUT2D eigenvalue weighted by atomic mass is 10.2. The highest BCUT2D eigenvalue weighted by molar-refractivity contribution is 7.80. The van der Waals surface area contributed by atoms with Crippen molar-refractivity contribution in [2.24, 2.45) is 5.73 Å². The molecule has 0 spiro atoms. The number of nitrogens with one attached hydrogen (secondary N) is 2. The molecule has 0 saturated heterocycles. The molecule has 0 fully saturated rings. The van der Waals surface area contributed by atoms with Crippen molar-refractivity contribution < 1.29 is 4.74 Å². The third kappa shape index (κ3) is 3.86. The SMILES string of the molecule is N=C(N)OC(=S)NCc1ccccc1. The number of nitrogens with two attached hydrogens (primary N) is 1. The second-order valence-electron chi connectivity index (χ2n) is 2.59. The Kier molecular flexibility index (Phi) is 3.87. The molecule has 0 bridgehead atoms. The molecule has 0 aliphatic carbocycles. The van der Waals surface area contributed by atoms with Gasteiger partial charge in [0, 0.05) is 6.54 Å². The molecule has 0 unspecified atom stereocenters. The van der Waals surface area contributed by atoms with E-state index in [1.165, 1.54) is 0 Å². The van der Waals surface area contributed by atoms with Gasteiger partial charge in [-0.2, -0.15) is 0 Å². The number of rotatable bonds is 2. The highest BCUT2D eigenvalue weighted by Gasteiger charge is 1.98. The number of hydrogen-bond donors (Lipinski definition) is 3. The summed E-state index contributed by atoms with van der Waals surface area (Å²) in [7, 11) is 0. The van der Waals surface area contributed by atoms with Gasteiger partial charge in [-0.1, -0.05) is 30.3 Å². The van der Waals surface area contributed by atoms with Crippen molar-refractivity contribution in [1.82, 2.24) is 5.32 Å². The molecule has 4 N–H and O–H groups in total. The van der Waals surface area contributed by atoms with Crippen molar-refractivity contribution in [3.63, 3.8) is 0 Å². The first-order valence-electron chi connectivity index (χ1n) is 4.02. The molecule has 1 rings (SSSR count). The lowest BCUT2D eigenvalue weighted by molar-refractivity contribution is 0.512. The fraction of sp³-hybridized carbons (Fsp3) is 0.111. The molecule has 1 aromatic rings. The van der Waals surface area contributed by atoms with Crippen LogP contribution in [0.3, 0.4) is 0 Å². The molecule has 0 aliphatic rings. The molecule has 14 heavy (non-hydrogen) atoms. The highest BCUT2D eigenvalue weighted by Crippen LogP contribution is 1.97. The first kappa shape index (κ1) is 10.5. The molecule has 0 aromatic heterocycles. The smallest absolute Gasteiger partial charge is 0.286 e. The molecule has 0 atom stereocenters. The maximum atomic E-state index is 6.84. The zero-order chi connectivity index (χ0) is 10.4. The van der Waals surface area contributed by atoms with Crippen molar-refractivity contribution in [1.29, 1.82) is 5.41 Å². The second-order valence-corrected chi connectivity index (χ2v) is 2.96. The molecule has 4 nitrogen and oxygen atoms in total. The van der Waals surface area contributed by atoms with Crippen LogP contribution in [-0.2, 0) is 11.3 Å². The van der Waals surface area contributed by atoms with Crippen LogP contribution in [0.1, 0.15) is 5.56 Å². The minimum atomic E-state index is -0.407. The van der Waals surface area contributed by atoms with Crippen molar-refractivity contribution in [2.75, 3.05) is 0 Å². The van der Waals surface area contributed by atoms with E-state index >= 15 is 0 Å². The fourth-order valence-electron chi connectivity index (χ4n) is 0.906. The standard InChI is InChI=1S/C9H11N3OS/c10-8(11)13-9(14)12-6-7-4-2-1-3-5-7/h1-5H,6H2,(H3,10,11)(H,12,14). The number of amidine groups is 1. The molecule has 0 amide bonds. The molecule has 74 valence electrons. The van der Waals surface area contributed by atoms with Gasteiger partial charge in [0.15, 0.2) is 0 Å². The van der Waals surface area contributed by atoms with Gasteiger partial charge in [-0.05, 0) is 17.8 Å². The summed E-state index contributed by atoms with van der Waals surface area (Å²) in [5.41, 5.74) is 6.08. The average molecular weight is 209 g/mol. The Balaban J connectivity index is 2.34. The molecule has 0 heterocycles. The predicted octanol–water partition coefficient (Wildman–Crippen LogP) is 0.971. The van der Waals surface area contributed by atoms with Crippen LogP contribution in [0.4, 0.5) is 0 Å². The normalized spacial score (nSPS) is 9.14. The summed E-state index contributed by atoms with van der Waals surface area (Å²) < 4.78 is 4.65. The third-order valence-electron chi connectivity index (χ3n) is 1.48. The summed E-state index contributed by atoms with van der Waals surface area (Å²) in [4.78, 5) is 0.